The Balaban J connectivity index is 1.92. The number of rotatable bonds is 16. The lowest BCUT2D eigenvalue weighted by molar-refractivity contribution is -0.143. The Morgan fingerprint density at radius 3 is 2.21 bits per heavy atom. The summed E-state index contributed by atoms with van der Waals surface area (Å²) < 4.78 is 5.22. The van der Waals surface area contributed by atoms with Crippen molar-refractivity contribution in [2.45, 2.75) is 90.4 Å². The number of unbranched alkanes of at least 4 members (excludes halogenated alkanes) is 9. The van der Waals surface area contributed by atoms with Gasteiger partial charge in [-0.2, -0.15) is 0 Å². The summed E-state index contributed by atoms with van der Waals surface area (Å²) in [6.07, 6.45) is 19.0. The first-order valence-electron chi connectivity index (χ1n) is 10.9. The first kappa shape index (κ1) is 24.1. The molecule has 0 radical (unpaired) electrons. The van der Waals surface area contributed by atoms with Gasteiger partial charge in [0.2, 0.25) is 0 Å². The lowest BCUT2D eigenvalue weighted by Gasteiger charge is -2.06. The Hall–Kier alpha value is -1.97. The van der Waals surface area contributed by atoms with Gasteiger partial charge in [0.05, 0.1) is 6.61 Å². The van der Waals surface area contributed by atoms with E-state index in [9.17, 15) is 15.0 Å². The quantitative estimate of drug-likeness (QED) is 0.147. The normalized spacial score (nSPS) is 11.2. The molecule has 28 heavy (non-hydrogen) atoms. The molecule has 0 aliphatic heterocycles. The van der Waals surface area contributed by atoms with Gasteiger partial charge in [0.15, 0.2) is 11.5 Å². The number of esters is 1. The van der Waals surface area contributed by atoms with Gasteiger partial charge in [0.25, 0.3) is 0 Å². The van der Waals surface area contributed by atoms with E-state index >= 15 is 0 Å². The maximum atomic E-state index is 11.7. The summed E-state index contributed by atoms with van der Waals surface area (Å²) in [6.45, 7) is 2.54. The van der Waals surface area contributed by atoms with Gasteiger partial charge in [-0.15, -0.1) is 0 Å². The molecular weight excluding hydrogens is 352 g/mol. The molecule has 0 fully saturated rings. The van der Waals surface area contributed by atoms with Crippen LogP contribution in [0.3, 0.4) is 0 Å². The summed E-state index contributed by atoms with van der Waals surface area (Å²) >= 11 is 0. The van der Waals surface area contributed by atoms with E-state index in [4.69, 9.17) is 4.74 Å². The molecule has 0 aliphatic rings. The van der Waals surface area contributed by atoms with Gasteiger partial charge in [0.1, 0.15) is 0 Å². The zero-order valence-electron chi connectivity index (χ0n) is 17.5. The number of hydrogen-bond acceptors (Lipinski definition) is 4. The average Bonchev–Trinajstić information content (AvgIpc) is 2.68. The van der Waals surface area contributed by atoms with Crippen LogP contribution in [0.25, 0.3) is 0 Å². The van der Waals surface area contributed by atoms with Crippen LogP contribution in [0.2, 0.25) is 0 Å². The van der Waals surface area contributed by atoms with Crippen LogP contribution in [0.1, 0.15) is 89.5 Å². The Labute approximate surface area is 170 Å². The molecule has 2 N–H and O–H groups in total. The molecule has 4 nitrogen and oxygen atoms in total. The second kappa shape index (κ2) is 16.0. The lowest BCUT2D eigenvalue weighted by atomic mass is 10.1. The first-order chi connectivity index (χ1) is 13.6. The van der Waals surface area contributed by atoms with Crippen molar-refractivity contribution in [3.05, 3.63) is 35.9 Å². The van der Waals surface area contributed by atoms with Gasteiger partial charge in [-0.1, -0.05) is 63.7 Å². The molecule has 158 valence electrons. The largest absolute Gasteiger partial charge is 0.504 e. The van der Waals surface area contributed by atoms with E-state index in [0.717, 1.165) is 24.8 Å². The van der Waals surface area contributed by atoms with Gasteiger partial charge in [-0.05, 0) is 49.8 Å². The summed E-state index contributed by atoms with van der Waals surface area (Å²) in [6, 6.07) is 4.64. The van der Waals surface area contributed by atoms with Crippen molar-refractivity contribution >= 4 is 5.97 Å². The second-order valence-corrected chi connectivity index (χ2v) is 7.42. The van der Waals surface area contributed by atoms with Gasteiger partial charge >= 0.3 is 5.97 Å². The smallest absolute Gasteiger partial charge is 0.305 e. The van der Waals surface area contributed by atoms with Gasteiger partial charge in [0, 0.05) is 12.8 Å². The van der Waals surface area contributed by atoms with Crippen molar-refractivity contribution < 1.29 is 19.7 Å². The molecule has 1 aromatic carbocycles. The highest BCUT2D eigenvalue weighted by Gasteiger charge is 2.04. The third kappa shape index (κ3) is 12.4. The number of allylic oxidation sites excluding steroid dienone is 2. The molecule has 0 aromatic heterocycles. The van der Waals surface area contributed by atoms with Crippen LogP contribution in [0.15, 0.2) is 30.4 Å². The maximum Gasteiger partial charge on any atom is 0.305 e. The zero-order chi connectivity index (χ0) is 20.5. The van der Waals surface area contributed by atoms with E-state index in [1.54, 1.807) is 6.07 Å². The standard InChI is InChI=1S/C24H38O4/c1-2-3-4-5-6-7-8-9-10-11-12-13-14-15-24(27)28-19-18-21-16-17-22(25)23(26)20-21/h10-11,16-17,20,25-26H,2-9,12-15,18-19H2,1H3/b11-10-. The van der Waals surface area contributed by atoms with Crippen LogP contribution < -0.4 is 0 Å². The van der Waals surface area contributed by atoms with E-state index in [1.807, 2.05) is 0 Å². The first-order valence-corrected chi connectivity index (χ1v) is 10.9. The maximum absolute atomic E-state index is 11.7. The van der Waals surface area contributed by atoms with Crippen molar-refractivity contribution in [2.75, 3.05) is 6.61 Å². The minimum Gasteiger partial charge on any atom is -0.504 e. The predicted octanol–water partition coefficient (Wildman–Crippen LogP) is 6.44. The van der Waals surface area contributed by atoms with Crippen molar-refractivity contribution in [2.24, 2.45) is 0 Å². The highest BCUT2D eigenvalue weighted by atomic mass is 16.5. The zero-order valence-corrected chi connectivity index (χ0v) is 17.5. The topological polar surface area (TPSA) is 66.8 Å². The second-order valence-electron chi connectivity index (χ2n) is 7.42. The van der Waals surface area contributed by atoms with E-state index in [2.05, 4.69) is 19.1 Å². The number of hydrogen-bond donors (Lipinski definition) is 2. The van der Waals surface area contributed by atoms with Gasteiger partial charge in [-0.3, -0.25) is 4.79 Å². The molecule has 0 spiro atoms. The Morgan fingerprint density at radius 1 is 0.893 bits per heavy atom. The minimum absolute atomic E-state index is 0.141. The molecule has 1 aromatic rings. The molecule has 0 atom stereocenters. The van der Waals surface area contributed by atoms with Crippen LogP contribution in [-0.4, -0.2) is 22.8 Å². The lowest BCUT2D eigenvalue weighted by Crippen LogP contribution is -2.07. The minimum atomic E-state index is -0.171. The SMILES string of the molecule is CCCCCCCCC/C=C\CCCCC(=O)OCCc1ccc(O)c(O)c1. The number of carbonyl (C=O) groups is 1. The van der Waals surface area contributed by atoms with Crippen molar-refractivity contribution in [3.63, 3.8) is 0 Å². The summed E-state index contributed by atoms with van der Waals surface area (Å²) in [5.41, 5.74) is 0.828. The third-order valence-corrected chi connectivity index (χ3v) is 4.84. The van der Waals surface area contributed by atoms with Gasteiger partial charge < -0.3 is 14.9 Å². The molecule has 0 unspecified atom stereocenters. The van der Waals surface area contributed by atoms with Crippen molar-refractivity contribution in [1.82, 2.24) is 0 Å². The fourth-order valence-corrected chi connectivity index (χ4v) is 3.07. The van der Waals surface area contributed by atoms with Crippen LogP contribution >= 0.6 is 0 Å². The predicted molar refractivity (Wildman–Crippen MR) is 115 cm³/mol. The van der Waals surface area contributed by atoms with E-state index in [0.29, 0.717) is 19.4 Å². The monoisotopic (exact) mass is 390 g/mol. The Morgan fingerprint density at radius 2 is 1.54 bits per heavy atom. The fraction of sp³-hybridized carbons (Fsp3) is 0.625. The molecular formula is C24H38O4. The number of phenols is 2. The number of benzene rings is 1. The van der Waals surface area contributed by atoms with E-state index in [-0.39, 0.29) is 17.5 Å². The fourth-order valence-electron chi connectivity index (χ4n) is 3.07. The summed E-state index contributed by atoms with van der Waals surface area (Å²) in [5, 5.41) is 18.7. The van der Waals surface area contributed by atoms with Crippen LogP contribution in [0.5, 0.6) is 11.5 Å². The molecule has 0 saturated heterocycles. The highest BCUT2D eigenvalue weighted by molar-refractivity contribution is 5.69. The molecule has 0 aliphatic carbocycles. The van der Waals surface area contributed by atoms with Crippen molar-refractivity contribution in [1.29, 1.82) is 0 Å². The molecule has 0 bridgehead atoms. The van der Waals surface area contributed by atoms with E-state index in [1.165, 1.54) is 63.5 Å². The van der Waals surface area contributed by atoms with E-state index < -0.39 is 0 Å². The molecule has 1 rings (SSSR count). The number of ether oxygens (including phenoxy) is 1. The molecule has 0 amide bonds. The summed E-state index contributed by atoms with van der Waals surface area (Å²) in [4.78, 5) is 11.7. The number of phenolic OH excluding ortho intramolecular Hbond substituents is 2. The van der Waals surface area contributed by atoms with Crippen molar-refractivity contribution in [3.8, 4) is 11.5 Å². The Bertz CT molecular complexity index is 566. The van der Waals surface area contributed by atoms with Crippen LogP contribution in [0.4, 0.5) is 0 Å². The third-order valence-electron chi connectivity index (χ3n) is 4.84. The molecule has 4 heteroatoms. The number of aromatic hydroxyl groups is 2. The molecule has 0 saturated carbocycles. The average molecular weight is 391 g/mol. The highest BCUT2D eigenvalue weighted by Crippen LogP contribution is 2.25. The number of carbonyl (C=O) groups excluding carboxylic acids is 1. The van der Waals surface area contributed by atoms with Gasteiger partial charge in [-0.25, -0.2) is 0 Å². The van der Waals surface area contributed by atoms with Crippen LogP contribution in [0, 0.1) is 0 Å². The molecule has 0 heterocycles. The Kier molecular flexibility index (Phi) is 13.8. The van der Waals surface area contributed by atoms with Crippen LogP contribution in [-0.2, 0) is 16.0 Å². The summed E-state index contributed by atoms with van der Waals surface area (Å²) in [7, 11) is 0. The summed E-state index contributed by atoms with van der Waals surface area (Å²) in [5.74, 6) is -0.462.